The Labute approximate surface area is 227 Å². The van der Waals surface area contributed by atoms with Crippen LogP contribution in [0.5, 0.6) is 0 Å². The predicted molar refractivity (Wildman–Crippen MR) is 155 cm³/mol. The van der Waals surface area contributed by atoms with Crippen molar-refractivity contribution in [1.29, 1.82) is 5.26 Å². The predicted octanol–water partition coefficient (Wildman–Crippen LogP) is 8.77. The van der Waals surface area contributed by atoms with E-state index >= 15 is 0 Å². The first-order valence-corrected chi connectivity index (χ1v) is 15.5. The van der Waals surface area contributed by atoms with Crippen molar-refractivity contribution in [3.05, 3.63) is 21.4 Å². The third-order valence-electron chi connectivity index (χ3n) is 5.42. The van der Waals surface area contributed by atoms with Crippen LogP contribution in [0.25, 0.3) is 0 Å². The Bertz CT molecular complexity index is 838. The number of hydrogen-bond donors (Lipinski definition) is 0. The van der Waals surface area contributed by atoms with Gasteiger partial charge in [-0.15, -0.1) is 23.1 Å². The molecule has 186 valence electrons. The number of thiocarbonyl (C=S) groups is 1. The summed E-state index contributed by atoms with van der Waals surface area (Å²) in [5.74, 6) is -0.262. The molecule has 0 fully saturated rings. The average molecular weight is 593 g/mol. The van der Waals surface area contributed by atoms with Crippen LogP contribution in [0.4, 0.5) is 0 Å². The van der Waals surface area contributed by atoms with E-state index in [1.54, 1.807) is 0 Å². The highest BCUT2D eigenvalue weighted by Gasteiger charge is 2.32. The molecule has 0 spiro atoms. The minimum Gasteiger partial charge on any atom is -0.465 e. The number of nitrogens with zero attached hydrogens (tertiary/aromatic N) is 1. The fourth-order valence-electron chi connectivity index (χ4n) is 3.32. The van der Waals surface area contributed by atoms with Gasteiger partial charge in [-0.3, -0.25) is 4.79 Å². The number of thioether (sulfide) groups is 2. The number of aryl methyl sites for hydroxylation is 1. The lowest BCUT2D eigenvalue weighted by molar-refractivity contribution is -0.145. The molecule has 0 aliphatic rings. The Kier molecular flexibility index (Phi) is 13.0. The number of rotatable bonds is 13. The lowest BCUT2D eigenvalue weighted by Gasteiger charge is -2.25. The first kappa shape index (κ1) is 31.0. The molecule has 3 nitrogen and oxygen atoms in total. The second-order valence-electron chi connectivity index (χ2n) is 9.69. The zero-order valence-electron chi connectivity index (χ0n) is 21.0. The summed E-state index contributed by atoms with van der Waals surface area (Å²) in [6.45, 7) is 13.0. The summed E-state index contributed by atoms with van der Waals surface area (Å²) in [5, 5.41) is 9.56. The molecule has 1 rings (SSSR count). The molecule has 1 heterocycles. The molecule has 1 atom stereocenters. The number of unbranched alkanes of at least 4 members (excludes halogenated alkanes) is 3. The molecular weight excluding hydrogens is 554 g/mol. The summed E-state index contributed by atoms with van der Waals surface area (Å²) in [6, 6.07) is 4.63. The summed E-state index contributed by atoms with van der Waals surface area (Å²) in [5.41, 5.74) is 1.10. The molecule has 0 saturated carbocycles. The molecule has 0 aliphatic heterocycles. The summed E-state index contributed by atoms with van der Waals surface area (Å²) in [4.78, 5) is 15.2. The smallest absolute Gasteiger partial charge is 0.305 e. The molecule has 0 N–H and O–H groups in total. The van der Waals surface area contributed by atoms with Gasteiger partial charge in [-0.1, -0.05) is 79.9 Å². The molecule has 0 radical (unpaired) electrons. The minimum absolute atomic E-state index is 0.0857. The molecule has 1 unspecified atom stereocenters. The number of halogens is 1. The van der Waals surface area contributed by atoms with E-state index in [4.69, 9.17) is 17.0 Å². The van der Waals surface area contributed by atoms with Crippen LogP contribution in [0.3, 0.4) is 0 Å². The first-order valence-electron chi connectivity index (χ1n) is 11.4. The minimum atomic E-state index is -0.718. The number of carbonyl (C=O) groups is 1. The monoisotopic (exact) mass is 591 g/mol. The maximum Gasteiger partial charge on any atom is 0.305 e. The van der Waals surface area contributed by atoms with Crippen molar-refractivity contribution in [2.45, 2.75) is 101 Å². The van der Waals surface area contributed by atoms with Crippen molar-refractivity contribution >= 4 is 72.5 Å². The van der Waals surface area contributed by atoms with Crippen LogP contribution < -0.4 is 0 Å². The van der Waals surface area contributed by atoms with Crippen LogP contribution >= 0.6 is 63.0 Å². The van der Waals surface area contributed by atoms with Crippen LogP contribution in [0.1, 0.15) is 95.4 Å². The zero-order chi connectivity index (χ0) is 25.3. The van der Waals surface area contributed by atoms with Crippen molar-refractivity contribution < 1.29 is 9.53 Å². The van der Waals surface area contributed by atoms with Crippen LogP contribution in [-0.4, -0.2) is 27.1 Å². The molecule has 8 heteroatoms. The van der Waals surface area contributed by atoms with Gasteiger partial charge in [0, 0.05) is 21.6 Å². The number of alkyl halides is 1. The largest absolute Gasteiger partial charge is 0.465 e. The number of esters is 1. The highest BCUT2D eigenvalue weighted by molar-refractivity contribution is 9.09. The molecule has 33 heavy (non-hydrogen) atoms. The van der Waals surface area contributed by atoms with Gasteiger partial charge in [0.25, 0.3) is 0 Å². The van der Waals surface area contributed by atoms with Gasteiger partial charge in [0.1, 0.15) is 14.9 Å². The fraction of sp³-hybridized carbons (Fsp3) is 0.720. The van der Waals surface area contributed by atoms with Gasteiger partial charge in [-0.05, 0) is 57.9 Å². The highest BCUT2D eigenvalue weighted by Crippen LogP contribution is 2.42. The van der Waals surface area contributed by atoms with Gasteiger partial charge < -0.3 is 4.74 Å². The van der Waals surface area contributed by atoms with E-state index in [0.29, 0.717) is 16.6 Å². The molecular formula is C25H38BrNO2S4. The molecule has 1 aromatic rings. The summed E-state index contributed by atoms with van der Waals surface area (Å²) in [7, 11) is 0. The van der Waals surface area contributed by atoms with Crippen LogP contribution in [-0.2, 0) is 25.7 Å². The number of nitriles is 1. The Morgan fingerprint density at radius 2 is 1.91 bits per heavy atom. The standard InChI is InChI=1S/C25H38BrNO2S4/c1-8-9-10-11-12-18-15-19(24(4,5)26)32-21(18)23(2,3)17-29-20(28)13-14-25(6,16-27)33-22(30)31-7/h15H,8-14,17H2,1-7H3. The summed E-state index contributed by atoms with van der Waals surface area (Å²) < 4.78 is 5.63. The van der Waals surface area contributed by atoms with E-state index in [9.17, 15) is 10.1 Å². The Morgan fingerprint density at radius 1 is 1.24 bits per heavy atom. The van der Waals surface area contributed by atoms with Gasteiger partial charge in [0.05, 0.1) is 10.4 Å². The third kappa shape index (κ3) is 10.6. The lowest BCUT2D eigenvalue weighted by atomic mass is 9.88. The lowest BCUT2D eigenvalue weighted by Crippen LogP contribution is -2.27. The SMILES string of the molecule is CCCCCCc1cc(C(C)(C)Br)sc1C(C)(C)COC(=O)CCC(C)(C#N)SC(=S)SC. The fourth-order valence-corrected chi connectivity index (χ4v) is 7.02. The molecule has 0 aliphatic carbocycles. The van der Waals surface area contributed by atoms with Gasteiger partial charge in [0.15, 0.2) is 0 Å². The first-order chi connectivity index (χ1) is 15.3. The molecule has 1 aromatic heterocycles. The van der Waals surface area contributed by atoms with Crippen molar-refractivity contribution in [2.75, 3.05) is 12.9 Å². The average Bonchev–Trinajstić information content (AvgIpc) is 3.19. The number of ether oxygens (including phenoxy) is 1. The van der Waals surface area contributed by atoms with Gasteiger partial charge in [-0.25, -0.2) is 0 Å². The topological polar surface area (TPSA) is 50.1 Å². The van der Waals surface area contributed by atoms with E-state index < -0.39 is 4.75 Å². The Hall–Kier alpha value is -0.0700. The van der Waals surface area contributed by atoms with Crippen molar-refractivity contribution in [2.24, 2.45) is 0 Å². The van der Waals surface area contributed by atoms with Crippen LogP contribution in [0.15, 0.2) is 6.07 Å². The second kappa shape index (κ2) is 13.9. The third-order valence-corrected chi connectivity index (χ3v) is 10.7. The van der Waals surface area contributed by atoms with E-state index in [2.05, 4.69) is 62.7 Å². The highest BCUT2D eigenvalue weighted by atomic mass is 79.9. The van der Waals surface area contributed by atoms with Crippen molar-refractivity contribution in [3.8, 4) is 6.07 Å². The number of carbonyl (C=O) groups excluding carboxylic acids is 1. The summed E-state index contributed by atoms with van der Waals surface area (Å²) >= 11 is 13.7. The van der Waals surface area contributed by atoms with Gasteiger partial charge >= 0.3 is 5.97 Å². The molecule has 0 bridgehead atoms. The Morgan fingerprint density at radius 3 is 2.45 bits per heavy atom. The summed E-state index contributed by atoms with van der Waals surface area (Å²) in [6.07, 6.45) is 8.48. The van der Waals surface area contributed by atoms with E-state index in [1.165, 1.54) is 64.5 Å². The quantitative estimate of drug-likeness (QED) is 0.0988. The number of thiophene rings is 1. The normalized spacial score (nSPS) is 13.9. The molecule has 0 saturated heterocycles. The number of hydrogen-bond acceptors (Lipinski definition) is 7. The maximum atomic E-state index is 12.5. The van der Waals surface area contributed by atoms with Crippen molar-refractivity contribution in [3.63, 3.8) is 0 Å². The van der Waals surface area contributed by atoms with Gasteiger partial charge in [0.2, 0.25) is 0 Å². The Balaban J connectivity index is 2.85. The van der Waals surface area contributed by atoms with E-state index in [-0.39, 0.29) is 22.1 Å². The molecule has 0 amide bonds. The van der Waals surface area contributed by atoms with E-state index in [1.807, 2.05) is 24.5 Å². The van der Waals surface area contributed by atoms with Gasteiger partial charge in [-0.2, -0.15) is 5.26 Å². The van der Waals surface area contributed by atoms with E-state index in [0.717, 1.165) is 6.42 Å². The molecule has 0 aromatic carbocycles. The van der Waals surface area contributed by atoms with Crippen molar-refractivity contribution in [1.82, 2.24) is 0 Å². The zero-order valence-corrected chi connectivity index (χ0v) is 25.9. The van der Waals surface area contributed by atoms with Crippen LogP contribution in [0, 0.1) is 11.3 Å². The second-order valence-corrected chi connectivity index (χ2v) is 16.2. The van der Waals surface area contributed by atoms with Crippen LogP contribution in [0.2, 0.25) is 0 Å². The maximum absolute atomic E-state index is 12.5.